The van der Waals surface area contributed by atoms with Crippen LogP contribution in [0.2, 0.25) is 0 Å². The fraction of sp³-hybridized carbons (Fsp3) is 0.400. The number of nitrogens with zero attached hydrogens (tertiary/aromatic N) is 3. The maximum atomic E-state index is 12.8. The summed E-state index contributed by atoms with van der Waals surface area (Å²) in [6.07, 6.45) is -0.736. The van der Waals surface area contributed by atoms with E-state index in [1.807, 2.05) is 0 Å². The summed E-state index contributed by atoms with van der Waals surface area (Å²) in [6, 6.07) is 4.96. The van der Waals surface area contributed by atoms with E-state index in [0.717, 1.165) is 37.8 Å². The number of thioether (sulfide) groups is 1. The van der Waals surface area contributed by atoms with Crippen molar-refractivity contribution in [3.05, 3.63) is 62.1 Å². The number of hydrogen-bond donors (Lipinski definition) is 1. The van der Waals surface area contributed by atoms with Gasteiger partial charge in [-0.05, 0) is 43.4 Å². The molecule has 0 atom stereocenters. The van der Waals surface area contributed by atoms with Crippen LogP contribution in [-0.2, 0) is 11.9 Å². The molecule has 0 aliphatic heterocycles. The van der Waals surface area contributed by atoms with E-state index < -0.39 is 23.0 Å². The Hall–Kier alpha value is -2.62. The van der Waals surface area contributed by atoms with Crippen molar-refractivity contribution in [2.75, 3.05) is 0 Å². The van der Waals surface area contributed by atoms with Crippen LogP contribution in [0.1, 0.15) is 54.6 Å². The van der Waals surface area contributed by atoms with Gasteiger partial charge in [-0.3, -0.25) is 14.3 Å². The van der Waals surface area contributed by atoms with Gasteiger partial charge in [-0.25, -0.2) is 14.8 Å². The molecule has 2 aliphatic carbocycles. The summed E-state index contributed by atoms with van der Waals surface area (Å²) < 4.78 is 39.9. The second-order valence-corrected chi connectivity index (χ2v) is 8.67. The first kappa shape index (κ1) is 19.3. The summed E-state index contributed by atoms with van der Waals surface area (Å²) >= 11 is 1.27. The van der Waals surface area contributed by atoms with Gasteiger partial charge in [0, 0.05) is 17.7 Å². The summed E-state index contributed by atoms with van der Waals surface area (Å²) in [4.78, 5) is 36.5. The Bertz CT molecular complexity index is 1240. The van der Waals surface area contributed by atoms with E-state index in [-0.39, 0.29) is 17.3 Å². The fourth-order valence-corrected chi connectivity index (χ4v) is 4.36. The Morgan fingerprint density at radius 3 is 2.37 bits per heavy atom. The predicted molar refractivity (Wildman–Crippen MR) is 106 cm³/mol. The molecule has 2 aromatic heterocycles. The molecule has 2 aliphatic rings. The molecule has 10 heteroatoms. The van der Waals surface area contributed by atoms with Gasteiger partial charge in [0.05, 0.1) is 5.56 Å². The number of halogens is 3. The maximum Gasteiger partial charge on any atom is 0.416 e. The van der Waals surface area contributed by atoms with Crippen molar-refractivity contribution in [2.45, 2.75) is 54.6 Å². The molecule has 0 amide bonds. The van der Waals surface area contributed by atoms with Crippen LogP contribution < -0.4 is 11.2 Å². The average Bonchev–Trinajstić information content (AvgIpc) is 3.59. The Kier molecular flexibility index (Phi) is 4.49. The van der Waals surface area contributed by atoms with Crippen molar-refractivity contribution in [3.63, 3.8) is 0 Å². The van der Waals surface area contributed by atoms with Gasteiger partial charge in [0.2, 0.25) is 0 Å². The SMILES string of the molecule is O=c1[nH]c(=O)n(C2CC2)c2nc(C3CC3)nc(SCc3ccc(C(F)(F)F)cc3)c12. The van der Waals surface area contributed by atoms with Crippen LogP contribution >= 0.6 is 11.8 Å². The van der Waals surface area contributed by atoms with E-state index in [9.17, 15) is 22.8 Å². The number of nitrogens with one attached hydrogen (secondary N) is 1. The highest BCUT2D eigenvalue weighted by Gasteiger charge is 2.32. The van der Waals surface area contributed by atoms with Crippen LogP contribution in [0.15, 0.2) is 38.9 Å². The molecule has 0 unspecified atom stereocenters. The molecular weight excluding hydrogens is 417 g/mol. The largest absolute Gasteiger partial charge is 0.416 e. The van der Waals surface area contributed by atoms with Crippen molar-refractivity contribution in [1.82, 2.24) is 19.5 Å². The van der Waals surface area contributed by atoms with Crippen LogP contribution in [0.25, 0.3) is 11.0 Å². The zero-order chi connectivity index (χ0) is 21.0. The minimum Gasteiger partial charge on any atom is -0.274 e. The molecule has 0 radical (unpaired) electrons. The van der Waals surface area contributed by atoms with E-state index in [1.54, 1.807) is 4.57 Å². The van der Waals surface area contributed by atoms with Gasteiger partial charge in [0.1, 0.15) is 16.2 Å². The molecule has 30 heavy (non-hydrogen) atoms. The second-order valence-electron chi connectivity index (χ2n) is 7.70. The summed E-state index contributed by atoms with van der Waals surface area (Å²) in [5.74, 6) is 1.19. The first-order valence-electron chi connectivity index (χ1n) is 9.66. The van der Waals surface area contributed by atoms with E-state index in [4.69, 9.17) is 0 Å². The lowest BCUT2D eigenvalue weighted by atomic mass is 10.1. The minimum atomic E-state index is -4.38. The topological polar surface area (TPSA) is 80.6 Å². The zero-order valence-electron chi connectivity index (χ0n) is 15.7. The molecule has 0 spiro atoms. The number of aromatic amines is 1. The quantitative estimate of drug-likeness (QED) is 0.485. The molecule has 6 nitrogen and oxygen atoms in total. The first-order valence-corrected chi connectivity index (χ1v) is 10.7. The highest BCUT2D eigenvalue weighted by Crippen LogP contribution is 2.41. The van der Waals surface area contributed by atoms with Crippen LogP contribution in [0.4, 0.5) is 13.2 Å². The molecule has 156 valence electrons. The fourth-order valence-electron chi connectivity index (χ4n) is 3.38. The molecular formula is C20H17F3N4O2S. The summed E-state index contributed by atoms with van der Waals surface area (Å²) in [7, 11) is 0. The van der Waals surface area contributed by atoms with E-state index >= 15 is 0 Å². The Labute approximate surface area is 172 Å². The van der Waals surface area contributed by atoms with E-state index in [1.165, 1.54) is 23.9 Å². The standard InChI is InChI=1S/C20H17F3N4O2S/c21-20(22,23)12-5-1-10(2-6-12)9-30-18-14-16(24-15(25-18)11-3-4-11)27(13-7-8-13)19(29)26-17(14)28/h1-2,5-6,11,13H,3-4,7-9H2,(H,26,28,29). The summed E-state index contributed by atoms with van der Waals surface area (Å²) in [5.41, 5.74) is -0.666. The Balaban J connectivity index is 1.54. The van der Waals surface area contributed by atoms with Crippen LogP contribution in [0.5, 0.6) is 0 Å². The lowest BCUT2D eigenvalue weighted by Crippen LogP contribution is -2.31. The molecule has 1 aromatic carbocycles. The highest BCUT2D eigenvalue weighted by molar-refractivity contribution is 7.98. The summed E-state index contributed by atoms with van der Waals surface area (Å²) in [5, 5.41) is 0.722. The number of benzene rings is 1. The zero-order valence-corrected chi connectivity index (χ0v) is 16.5. The molecule has 2 fully saturated rings. The van der Waals surface area contributed by atoms with Gasteiger partial charge in [-0.15, -0.1) is 11.8 Å². The number of H-pyrrole nitrogens is 1. The minimum absolute atomic E-state index is 0.0339. The predicted octanol–water partition coefficient (Wildman–Crippen LogP) is 4.00. The van der Waals surface area contributed by atoms with Gasteiger partial charge < -0.3 is 0 Å². The third-order valence-electron chi connectivity index (χ3n) is 5.28. The van der Waals surface area contributed by atoms with E-state index in [0.29, 0.717) is 27.8 Å². The summed E-state index contributed by atoms with van der Waals surface area (Å²) in [6.45, 7) is 0. The van der Waals surface area contributed by atoms with Crippen molar-refractivity contribution in [1.29, 1.82) is 0 Å². The number of rotatable bonds is 5. The molecule has 2 saturated carbocycles. The Morgan fingerprint density at radius 2 is 1.77 bits per heavy atom. The lowest BCUT2D eigenvalue weighted by Gasteiger charge is -2.12. The number of fused-ring (bicyclic) bond motifs is 1. The molecule has 2 heterocycles. The monoisotopic (exact) mass is 434 g/mol. The molecule has 1 N–H and O–H groups in total. The van der Waals surface area contributed by atoms with Crippen LogP contribution in [0.3, 0.4) is 0 Å². The van der Waals surface area contributed by atoms with Crippen molar-refractivity contribution < 1.29 is 13.2 Å². The lowest BCUT2D eigenvalue weighted by molar-refractivity contribution is -0.137. The second kappa shape index (κ2) is 6.97. The van der Waals surface area contributed by atoms with E-state index in [2.05, 4.69) is 15.0 Å². The van der Waals surface area contributed by atoms with Crippen molar-refractivity contribution in [3.8, 4) is 0 Å². The number of alkyl halides is 3. The molecule has 3 aromatic rings. The van der Waals surface area contributed by atoms with Gasteiger partial charge in [-0.1, -0.05) is 12.1 Å². The third-order valence-corrected chi connectivity index (χ3v) is 6.33. The van der Waals surface area contributed by atoms with Crippen molar-refractivity contribution >= 4 is 22.8 Å². The van der Waals surface area contributed by atoms with Gasteiger partial charge >= 0.3 is 11.9 Å². The average molecular weight is 434 g/mol. The molecule has 0 saturated heterocycles. The highest BCUT2D eigenvalue weighted by atomic mass is 32.2. The van der Waals surface area contributed by atoms with Crippen LogP contribution in [-0.4, -0.2) is 19.5 Å². The molecule has 5 rings (SSSR count). The van der Waals surface area contributed by atoms with Crippen molar-refractivity contribution in [2.24, 2.45) is 0 Å². The number of hydrogen-bond acceptors (Lipinski definition) is 5. The number of aromatic nitrogens is 4. The van der Waals surface area contributed by atoms with Gasteiger partial charge in [-0.2, -0.15) is 13.2 Å². The smallest absolute Gasteiger partial charge is 0.274 e. The van der Waals surface area contributed by atoms with Crippen LogP contribution in [0, 0.1) is 0 Å². The normalized spacial score (nSPS) is 16.9. The molecule has 0 bridgehead atoms. The van der Waals surface area contributed by atoms with Gasteiger partial charge in [0.25, 0.3) is 5.56 Å². The Morgan fingerprint density at radius 1 is 1.07 bits per heavy atom. The third kappa shape index (κ3) is 3.64. The van der Waals surface area contributed by atoms with Gasteiger partial charge in [0.15, 0.2) is 5.65 Å². The maximum absolute atomic E-state index is 12.8. The first-order chi connectivity index (χ1) is 14.3.